The van der Waals surface area contributed by atoms with Crippen LogP contribution < -0.4 is 4.74 Å². The summed E-state index contributed by atoms with van der Waals surface area (Å²) in [5.74, 6) is -3.90. The van der Waals surface area contributed by atoms with Gasteiger partial charge in [0.05, 0.1) is 0 Å². The van der Waals surface area contributed by atoms with E-state index < -0.39 is 17.6 Å². The SMILES string of the molecule is O=C(O)c1cc(Br)ccc1Oc1cccc(F)c1F. The molecule has 2 aromatic carbocycles. The lowest BCUT2D eigenvalue weighted by atomic mass is 10.2. The lowest BCUT2D eigenvalue weighted by Crippen LogP contribution is -2.01. The third-order valence-electron chi connectivity index (χ3n) is 2.31. The van der Waals surface area contributed by atoms with Crippen LogP contribution in [0.2, 0.25) is 0 Å². The summed E-state index contributed by atoms with van der Waals surface area (Å²) in [5, 5.41) is 9.02. The van der Waals surface area contributed by atoms with Crippen molar-refractivity contribution < 1.29 is 23.4 Å². The van der Waals surface area contributed by atoms with Gasteiger partial charge in [-0.3, -0.25) is 0 Å². The molecule has 0 aliphatic heterocycles. The van der Waals surface area contributed by atoms with Crippen molar-refractivity contribution in [1.29, 1.82) is 0 Å². The molecular weight excluding hydrogens is 322 g/mol. The summed E-state index contributed by atoms with van der Waals surface area (Å²) in [6, 6.07) is 7.65. The molecule has 3 nitrogen and oxygen atoms in total. The zero-order chi connectivity index (χ0) is 14.0. The van der Waals surface area contributed by atoms with E-state index in [-0.39, 0.29) is 17.1 Å². The Labute approximate surface area is 115 Å². The van der Waals surface area contributed by atoms with Gasteiger partial charge in [-0.05, 0) is 30.3 Å². The Morgan fingerprint density at radius 2 is 1.89 bits per heavy atom. The van der Waals surface area contributed by atoms with Gasteiger partial charge in [0, 0.05) is 4.47 Å². The van der Waals surface area contributed by atoms with Gasteiger partial charge in [0.15, 0.2) is 11.6 Å². The van der Waals surface area contributed by atoms with Gasteiger partial charge in [-0.15, -0.1) is 0 Å². The summed E-state index contributed by atoms with van der Waals surface area (Å²) >= 11 is 3.12. The molecule has 2 rings (SSSR count). The molecule has 98 valence electrons. The Morgan fingerprint density at radius 1 is 1.16 bits per heavy atom. The second-order valence-corrected chi connectivity index (χ2v) is 4.52. The Morgan fingerprint density at radius 3 is 2.58 bits per heavy atom. The van der Waals surface area contributed by atoms with Crippen LogP contribution >= 0.6 is 15.9 Å². The summed E-state index contributed by atoms with van der Waals surface area (Å²) in [6.45, 7) is 0. The van der Waals surface area contributed by atoms with E-state index in [1.54, 1.807) is 6.07 Å². The highest BCUT2D eigenvalue weighted by Gasteiger charge is 2.15. The van der Waals surface area contributed by atoms with Crippen molar-refractivity contribution >= 4 is 21.9 Å². The van der Waals surface area contributed by atoms with Gasteiger partial charge in [0.25, 0.3) is 0 Å². The summed E-state index contributed by atoms with van der Waals surface area (Å²) < 4.78 is 32.1. The van der Waals surface area contributed by atoms with Crippen molar-refractivity contribution in [3.05, 3.63) is 58.1 Å². The summed E-state index contributed by atoms with van der Waals surface area (Å²) in [7, 11) is 0. The first-order valence-corrected chi connectivity index (χ1v) is 5.93. The summed E-state index contributed by atoms with van der Waals surface area (Å²) in [4.78, 5) is 11.0. The number of hydrogen-bond acceptors (Lipinski definition) is 2. The number of rotatable bonds is 3. The molecule has 0 radical (unpaired) electrons. The van der Waals surface area contributed by atoms with Crippen molar-refractivity contribution in [3.8, 4) is 11.5 Å². The molecule has 0 saturated heterocycles. The van der Waals surface area contributed by atoms with Crippen LogP contribution in [-0.4, -0.2) is 11.1 Å². The van der Waals surface area contributed by atoms with E-state index in [1.807, 2.05) is 0 Å². The average Bonchev–Trinajstić information content (AvgIpc) is 2.36. The summed E-state index contributed by atoms with van der Waals surface area (Å²) in [6.07, 6.45) is 0. The molecule has 1 N–H and O–H groups in total. The molecule has 19 heavy (non-hydrogen) atoms. The van der Waals surface area contributed by atoms with E-state index in [4.69, 9.17) is 9.84 Å². The molecule has 0 spiro atoms. The van der Waals surface area contributed by atoms with E-state index >= 15 is 0 Å². The molecule has 6 heteroatoms. The van der Waals surface area contributed by atoms with Crippen molar-refractivity contribution in [2.75, 3.05) is 0 Å². The van der Waals surface area contributed by atoms with Crippen LogP contribution in [0.3, 0.4) is 0 Å². The molecule has 2 aromatic rings. The highest BCUT2D eigenvalue weighted by Crippen LogP contribution is 2.30. The quantitative estimate of drug-likeness (QED) is 0.917. The molecule has 0 saturated carbocycles. The van der Waals surface area contributed by atoms with Gasteiger partial charge in [-0.2, -0.15) is 4.39 Å². The highest BCUT2D eigenvalue weighted by molar-refractivity contribution is 9.10. The van der Waals surface area contributed by atoms with Crippen LogP contribution in [0.1, 0.15) is 10.4 Å². The third-order valence-corrected chi connectivity index (χ3v) is 2.80. The Kier molecular flexibility index (Phi) is 3.80. The highest BCUT2D eigenvalue weighted by atomic mass is 79.9. The zero-order valence-electron chi connectivity index (χ0n) is 9.36. The van der Waals surface area contributed by atoms with E-state index in [0.29, 0.717) is 4.47 Å². The molecule has 0 bridgehead atoms. The number of halogens is 3. The summed E-state index contributed by atoms with van der Waals surface area (Å²) in [5.41, 5.74) is -0.155. The van der Waals surface area contributed by atoms with Gasteiger partial charge in [-0.25, -0.2) is 9.18 Å². The molecular formula is C13H7BrF2O3. The minimum atomic E-state index is -1.23. The molecule has 0 aromatic heterocycles. The first-order valence-electron chi connectivity index (χ1n) is 5.13. The van der Waals surface area contributed by atoms with Gasteiger partial charge in [-0.1, -0.05) is 22.0 Å². The topological polar surface area (TPSA) is 46.5 Å². The Bertz CT molecular complexity index is 644. The van der Waals surface area contributed by atoms with Gasteiger partial charge < -0.3 is 9.84 Å². The van der Waals surface area contributed by atoms with E-state index in [9.17, 15) is 13.6 Å². The Hall–Kier alpha value is -1.95. The number of aromatic carboxylic acids is 1. The smallest absolute Gasteiger partial charge is 0.339 e. The van der Waals surface area contributed by atoms with Gasteiger partial charge in [0.1, 0.15) is 11.3 Å². The fourth-order valence-corrected chi connectivity index (χ4v) is 1.80. The van der Waals surface area contributed by atoms with Gasteiger partial charge >= 0.3 is 5.97 Å². The fraction of sp³-hybridized carbons (Fsp3) is 0. The van der Waals surface area contributed by atoms with Crippen molar-refractivity contribution in [1.82, 2.24) is 0 Å². The Balaban J connectivity index is 2.44. The number of carboxylic acids is 1. The van der Waals surface area contributed by atoms with Crippen molar-refractivity contribution in [3.63, 3.8) is 0 Å². The third kappa shape index (κ3) is 2.90. The van der Waals surface area contributed by atoms with Crippen LogP contribution in [0, 0.1) is 11.6 Å². The van der Waals surface area contributed by atoms with Crippen LogP contribution in [0.4, 0.5) is 8.78 Å². The average molecular weight is 329 g/mol. The predicted molar refractivity (Wildman–Crippen MR) is 67.5 cm³/mol. The number of ether oxygens (including phenoxy) is 1. The van der Waals surface area contributed by atoms with Crippen LogP contribution in [0.5, 0.6) is 11.5 Å². The van der Waals surface area contributed by atoms with E-state index in [0.717, 1.165) is 6.07 Å². The normalized spacial score (nSPS) is 10.3. The van der Waals surface area contributed by atoms with Crippen LogP contribution in [0.25, 0.3) is 0 Å². The predicted octanol–water partition coefficient (Wildman–Crippen LogP) is 4.22. The number of hydrogen-bond donors (Lipinski definition) is 1. The largest absolute Gasteiger partial charge is 0.478 e. The van der Waals surface area contributed by atoms with Crippen LogP contribution in [0.15, 0.2) is 40.9 Å². The molecule has 0 amide bonds. The number of benzene rings is 2. The monoisotopic (exact) mass is 328 g/mol. The first-order chi connectivity index (χ1) is 8.99. The lowest BCUT2D eigenvalue weighted by Gasteiger charge is -2.10. The molecule has 0 atom stereocenters. The van der Waals surface area contributed by atoms with Crippen molar-refractivity contribution in [2.24, 2.45) is 0 Å². The standard InChI is InChI=1S/C13H7BrF2O3/c14-7-4-5-10(8(6-7)13(17)18)19-11-3-1-2-9(15)12(11)16/h1-6H,(H,17,18). The maximum absolute atomic E-state index is 13.4. The van der Waals surface area contributed by atoms with Gasteiger partial charge in [0.2, 0.25) is 5.82 Å². The molecule has 0 aliphatic carbocycles. The number of carbonyl (C=O) groups is 1. The minimum Gasteiger partial charge on any atom is -0.478 e. The molecule has 0 unspecified atom stereocenters. The minimum absolute atomic E-state index is 0.0693. The van der Waals surface area contributed by atoms with E-state index in [1.165, 1.54) is 24.3 Å². The lowest BCUT2D eigenvalue weighted by molar-refractivity contribution is 0.0694. The maximum Gasteiger partial charge on any atom is 0.339 e. The maximum atomic E-state index is 13.4. The van der Waals surface area contributed by atoms with E-state index in [2.05, 4.69) is 15.9 Å². The van der Waals surface area contributed by atoms with Crippen LogP contribution in [-0.2, 0) is 0 Å². The molecule has 0 fully saturated rings. The second-order valence-electron chi connectivity index (χ2n) is 3.60. The first kappa shape index (κ1) is 13.5. The zero-order valence-corrected chi connectivity index (χ0v) is 10.9. The molecule has 0 aliphatic rings. The number of carboxylic acid groups (broad SMARTS) is 1. The fourth-order valence-electron chi connectivity index (χ4n) is 1.44. The van der Waals surface area contributed by atoms with Crippen molar-refractivity contribution in [2.45, 2.75) is 0 Å². The second kappa shape index (κ2) is 5.36. The molecule has 0 heterocycles.